The summed E-state index contributed by atoms with van der Waals surface area (Å²) >= 11 is 2.09. The van der Waals surface area contributed by atoms with Crippen LogP contribution in [0, 0.1) is 3.57 Å². The minimum Gasteiger partial charge on any atom is -0.493 e. The lowest BCUT2D eigenvalue weighted by molar-refractivity contribution is -0.142. The summed E-state index contributed by atoms with van der Waals surface area (Å²) in [6, 6.07) is 2.81. The highest BCUT2D eigenvalue weighted by molar-refractivity contribution is 14.1. The van der Waals surface area contributed by atoms with Crippen LogP contribution in [-0.4, -0.2) is 76.6 Å². The first-order chi connectivity index (χ1) is 18.8. The van der Waals surface area contributed by atoms with Gasteiger partial charge in [-0.2, -0.15) is 0 Å². The third kappa shape index (κ3) is 8.31. The SMILES string of the molecule is CCCCC(=O)N(C1CCCCCC1)[C@@H]1CC(C(=O)NCCO)=C[C@H](Oc2c(I)cc(CO)cc2OC)[C@H]1O. The molecule has 0 bridgehead atoms. The molecular formula is C29H43IN2O7. The molecule has 1 aromatic carbocycles. The maximum absolute atomic E-state index is 13.7. The Morgan fingerprint density at radius 3 is 2.49 bits per heavy atom. The average molecular weight is 659 g/mol. The van der Waals surface area contributed by atoms with Gasteiger partial charge in [-0.05, 0) is 65.6 Å². The molecular weight excluding hydrogens is 615 g/mol. The molecule has 39 heavy (non-hydrogen) atoms. The van der Waals surface area contributed by atoms with E-state index in [0.29, 0.717) is 32.6 Å². The predicted molar refractivity (Wildman–Crippen MR) is 157 cm³/mol. The van der Waals surface area contributed by atoms with Crippen molar-refractivity contribution in [1.29, 1.82) is 0 Å². The highest BCUT2D eigenvalue weighted by Gasteiger charge is 2.43. The number of aliphatic hydroxyl groups is 3. The van der Waals surface area contributed by atoms with E-state index in [1.807, 2.05) is 11.8 Å². The standard InChI is InChI=1S/C29H43IN2O7/c1-3-4-11-26(35)32(21-9-7-5-6-8-10-21)23-16-20(29(37)31-12-13-33)17-24(27(23)36)39-28-22(30)14-19(18-34)15-25(28)38-2/h14-15,17,21,23-24,27,33-34,36H,3-13,16,18H2,1-2H3,(H,31,37)/t23-,24+,27+/m1/s1. The van der Waals surface area contributed by atoms with Gasteiger partial charge in [-0.25, -0.2) is 0 Å². The molecule has 1 fully saturated rings. The summed E-state index contributed by atoms with van der Waals surface area (Å²) in [5, 5.41) is 33.3. The Morgan fingerprint density at radius 1 is 1.15 bits per heavy atom. The largest absolute Gasteiger partial charge is 0.493 e. The number of benzene rings is 1. The van der Waals surface area contributed by atoms with Crippen LogP contribution in [0.3, 0.4) is 0 Å². The zero-order valence-electron chi connectivity index (χ0n) is 23.0. The van der Waals surface area contributed by atoms with E-state index in [9.17, 15) is 24.9 Å². The molecule has 0 unspecified atom stereocenters. The van der Waals surface area contributed by atoms with Gasteiger partial charge in [0.25, 0.3) is 0 Å². The van der Waals surface area contributed by atoms with Crippen molar-refractivity contribution in [2.24, 2.45) is 0 Å². The van der Waals surface area contributed by atoms with Crippen molar-refractivity contribution in [3.8, 4) is 11.5 Å². The third-order valence-corrected chi connectivity index (χ3v) is 8.35. The molecule has 10 heteroatoms. The third-order valence-electron chi connectivity index (χ3n) is 7.55. The maximum Gasteiger partial charge on any atom is 0.247 e. The van der Waals surface area contributed by atoms with Crippen LogP contribution in [0.15, 0.2) is 23.8 Å². The molecule has 0 aromatic heterocycles. The molecule has 0 heterocycles. The van der Waals surface area contributed by atoms with Crippen LogP contribution in [0.25, 0.3) is 0 Å². The number of nitrogens with zero attached hydrogens (tertiary/aromatic N) is 1. The van der Waals surface area contributed by atoms with Crippen LogP contribution in [0.4, 0.5) is 0 Å². The Kier molecular flexibility index (Phi) is 12.8. The summed E-state index contributed by atoms with van der Waals surface area (Å²) in [7, 11) is 1.50. The molecule has 0 radical (unpaired) electrons. The molecule has 3 rings (SSSR count). The van der Waals surface area contributed by atoms with Crippen LogP contribution < -0.4 is 14.8 Å². The Bertz CT molecular complexity index is 994. The Labute approximate surface area is 245 Å². The second-order valence-corrected chi connectivity index (χ2v) is 11.5. The smallest absolute Gasteiger partial charge is 0.247 e. The fraction of sp³-hybridized carbons (Fsp3) is 0.655. The first-order valence-corrected chi connectivity index (χ1v) is 15.1. The van der Waals surface area contributed by atoms with E-state index >= 15 is 0 Å². The quantitative estimate of drug-likeness (QED) is 0.200. The van der Waals surface area contributed by atoms with Crippen LogP contribution in [-0.2, 0) is 16.2 Å². The zero-order chi connectivity index (χ0) is 28.4. The maximum atomic E-state index is 13.7. The normalized spacial score (nSPS) is 22.0. The van der Waals surface area contributed by atoms with Crippen molar-refractivity contribution in [2.45, 2.75) is 102 Å². The Balaban J connectivity index is 2.02. The van der Waals surface area contributed by atoms with E-state index in [1.54, 1.807) is 18.2 Å². The van der Waals surface area contributed by atoms with Gasteiger partial charge >= 0.3 is 0 Å². The van der Waals surface area contributed by atoms with Crippen molar-refractivity contribution in [2.75, 3.05) is 20.3 Å². The fourth-order valence-electron chi connectivity index (χ4n) is 5.52. The van der Waals surface area contributed by atoms with Gasteiger partial charge in [0.05, 0.1) is 29.9 Å². The van der Waals surface area contributed by atoms with Crippen molar-refractivity contribution < 1.29 is 34.4 Å². The molecule has 2 aliphatic rings. The van der Waals surface area contributed by atoms with Gasteiger partial charge in [0.1, 0.15) is 12.2 Å². The summed E-state index contributed by atoms with van der Waals surface area (Å²) in [5.74, 6) is 0.445. The van der Waals surface area contributed by atoms with E-state index < -0.39 is 18.2 Å². The number of nitrogens with one attached hydrogen (secondary N) is 1. The number of aliphatic hydroxyl groups excluding tert-OH is 3. The minimum absolute atomic E-state index is 0.00280. The van der Waals surface area contributed by atoms with Crippen LogP contribution in [0.1, 0.15) is 76.7 Å². The summed E-state index contributed by atoms with van der Waals surface area (Å²) in [4.78, 5) is 28.6. The topological polar surface area (TPSA) is 129 Å². The van der Waals surface area contributed by atoms with Crippen molar-refractivity contribution in [1.82, 2.24) is 10.2 Å². The lowest BCUT2D eigenvalue weighted by Crippen LogP contribution is -2.58. The second-order valence-electron chi connectivity index (χ2n) is 10.3. The number of methoxy groups -OCH3 is 1. The fourth-order valence-corrected chi connectivity index (χ4v) is 6.31. The number of ether oxygens (including phenoxy) is 2. The number of carbonyl (C=O) groups is 2. The highest BCUT2D eigenvalue weighted by Crippen LogP contribution is 2.38. The van der Waals surface area contributed by atoms with Gasteiger partial charge in [-0.3, -0.25) is 9.59 Å². The van der Waals surface area contributed by atoms with Gasteiger partial charge in [-0.1, -0.05) is 39.0 Å². The van der Waals surface area contributed by atoms with Gasteiger partial charge in [0.15, 0.2) is 11.5 Å². The summed E-state index contributed by atoms with van der Waals surface area (Å²) in [6.45, 7) is 1.80. The molecule has 1 aromatic rings. The van der Waals surface area contributed by atoms with E-state index in [1.165, 1.54) is 7.11 Å². The van der Waals surface area contributed by atoms with E-state index in [2.05, 4.69) is 27.9 Å². The van der Waals surface area contributed by atoms with E-state index in [-0.39, 0.29) is 44.0 Å². The van der Waals surface area contributed by atoms with Gasteiger partial charge in [-0.15, -0.1) is 0 Å². The Morgan fingerprint density at radius 2 is 1.87 bits per heavy atom. The lowest BCUT2D eigenvalue weighted by Gasteiger charge is -2.44. The number of carbonyl (C=O) groups excluding carboxylic acids is 2. The van der Waals surface area contributed by atoms with Crippen molar-refractivity contribution in [3.05, 3.63) is 32.9 Å². The van der Waals surface area contributed by atoms with Crippen molar-refractivity contribution in [3.63, 3.8) is 0 Å². The Hall–Kier alpha value is -1.89. The number of halogens is 1. The number of amides is 2. The van der Waals surface area contributed by atoms with Crippen LogP contribution >= 0.6 is 22.6 Å². The molecule has 2 aliphatic carbocycles. The average Bonchev–Trinajstić information content (AvgIpc) is 3.22. The molecule has 3 atom stereocenters. The molecule has 2 amide bonds. The van der Waals surface area contributed by atoms with E-state index in [0.717, 1.165) is 51.4 Å². The van der Waals surface area contributed by atoms with Crippen molar-refractivity contribution >= 4 is 34.4 Å². The predicted octanol–water partition coefficient (Wildman–Crippen LogP) is 3.45. The number of unbranched alkanes of at least 4 members (excludes halogenated alkanes) is 1. The summed E-state index contributed by atoms with van der Waals surface area (Å²) in [5.41, 5.74) is 1.07. The monoisotopic (exact) mass is 658 g/mol. The van der Waals surface area contributed by atoms with Gasteiger partial charge in [0.2, 0.25) is 11.8 Å². The second kappa shape index (κ2) is 15.8. The molecule has 218 valence electrons. The molecule has 4 N–H and O–H groups in total. The minimum atomic E-state index is -1.08. The summed E-state index contributed by atoms with van der Waals surface area (Å²) < 4.78 is 12.6. The van der Waals surface area contributed by atoms with Crippen LogP contribution in [0.2, 0.25) is 0 Å². The molecule has 0 aliphatic heterocycles. The molecule has 0 spiro atoms. The number of rotatable bonds is 12. The first-order valence-electron chi connectivity index (χ1n) is 14.1. The highest BCUT2D eigenvalue weighted by atomic mass is 127. The zero-order valence-corrected chi connectivity index (χ0v) is 25.2. The number of hydrogen-bond donors (Lipinski definition) is 4. The summed E-state index contributed by atoms with van der Waals surface area (Å²) in [6.07, 6.45) is 7.91. The first kappa shape index (κ1) is 31.6. The van der Waals surface area contributed by atoms with Crippen LogP contribution in [0.5, 0.6) is 11.5 Å². The molecule has 9 nitrogen and oxygen atoms in total. The van der Waals surface area contributed by atoms with E-state index in [4.69, 9.17) is 9.47 Å². The van der Waals surface area contributed by atoms with Gasteiger partial charge < -0.3 is 35.0 Å². The van der Waals surface area contributed by atoms with Gasteiger partial charge in [0, 0.05) is 31.0 Å². The lowest BCUT2D eigenvalue weighted by atomic mass is 9.86. The molecule has 1 saturated carbocycles. The number of hydrogen-bond acceptors (Lipinski definition) is 7. The molecule has 0 saturated heterocycles.